The molecule has 1 unspecified atom stereocenters. The molecule has 7 heteroatoms. The highest BCUT2D eigenvalue weighted by Gasteiger charge is 2.34. The van der Waals surface area contributed by atoms with Crippen LogP contribution in [0, 0.1) is 3.57 Å². The van der Waals surface area contributed by atoms with Crippen LogP contribution >= 0.6 is 38.5 Å². The van der Waals surface area contributed by atoms with E-state index in [1.807, 2.05) is 6.07 Å². The number of carbonyl (C=O) groups is 1. The molecule has 0 bridgehead atoms. The van der Waals surface area contributed by atoms with Crippen molar-refractivity contribution >= 4 is 55.5 Å². The van der Waals surface area contributed by atoms with Gasteiger partial charge in [0, 0.05) is 9.49 Å². The predicted octanol–water partition coefficient (Wildman–Crippen LogP) is 3.89. The Morgan fingerprint density at radius 1 is 1.48 bits per heavy atom. The summed E-state index contributed by atoms with van der Waals surface area (Å²) in [7, 11) is 0. The molecule has 1 fully saturated rings. The van der Waals surface area contributed by atoms with E-state index in [0.29, 0.717) is 32.2 Å². The molecule has 0 spiro atoms. The van der Waals surface area contributed by atoms with E-state index in [1.54, 1.807) is 12.3 Å². The molecule has 110 valence electrons. The maximum absolute atomic E-state index is 12.8. The van der Waals surface area contributed by atoms with Gasteiger partial charge in [-0.1, -0.05) is 5.16 Å². The van der Waals surface area contributed by atoms with Crippen LogP contribution in [0.25, 0.3) is 0 Å². The van der Waals surface area contributed by atoms with Crippen LogP contribution in [0.15, 0.2) is 32.2 Å². The summed E-state index contributed by atoms with van der Waals surface area (Å²) in [5.41, 5.74) is 0.922. The molecule has 2 aromatic rings. The average Bonchev–Trinajstić information content (AvgIpc) is 3.17. The summed E-state index contributed by atoms with van der Waals surface area (Å²) in [4.78, 5) is 13.3. The van der Waals surface area contributed by atoms with E-state index < -0.39 is 11.2 Å². The third-order valence-electron chi connectivity index (χ3n) is 3.37. The maximum Gasteiger partial charge on any atom is 0.203 e. The molecule has 1 heterocycles. The summed E-state index contributed by atoms with van der Waals surface area (Å²) in [5, 5.41) is 3.76. The molecule has 1 atom stereocenters. The number of hydrogen-bond acceptors (Lipinski definition) is 4. The van der Waals surface area contributed by atoms with Crippen molar-refractivity contribution in [1.29, 1.82) is 0 Å². The van der Waals surface area contributed by atoms with Crippen LogP contribution in [0.2, 0.25) is 0 Å². The average molecular weight is 480 g/mol. The second kappa shape index (κ2) is 6.02. The van der Waals surface area contributed by atoms with Gasteiger partial charge in [-0.25, -0.2) is 0 Å². The van der Waals surface area contributed by atoms with E-state index in [4.69, 9.17) is 4.52 Å². The quantitative estimate of drug-likeness (QED) is 0.379. The van der Waals surface area contributed by atoms with Crippen LogP contribution in [-0.4, -0.2) is 21.7 Å². The monoisotopic (exact) mass is 479 g/mol. The molecule has 1 saturated carbocycles. The zero-order chi connectivity index (χ0) is 15.1. The van der Waals surface area contributed by atoms with Crippen molar-refractivity contribution in [2.75, 3.05) is 6.26 Å². The summed E-state index contributed by atoms with van der Waals surface area (Å²) in [5.74, 6) is 0.775. The first-order valence-corrected chi connectivity index (χ1v) is 9.74. The summed E-state index contributed by atoms with van der Waals surface area (Å²) in [6.45, 7) is 0. The van der Waals surface area contributed by atoms with Gasteiger partial charge in [-0.05, 0) is 74.7 Å². The van der Waals surface area contributed by atoms with Crippen LogP contribution < -0.4 is 0 Å². The van der Waals surface area contributed by atoms with Crippen LogP contribution in [0.1, 0.15) is 40.4 Å². The number of halogens is 2. The molecule has 0 saturated heterocycles. The van der Waals surface area contributed by atoms with Gasteiger partial charge in [-0.3, -0.25) is 4.79 Å². The third-order valence-corrected chi connectivity index (χ3v) is 7.10. The van der Waals surface area contributed by atoms with Gasteiger partial charge in [0.05, 0.1) is 21.8 Å². The minimum Gasteiger partial charge on any atom is -0.612 e. The van der Waals surface area contributed by atoms with E-state index in [0.717, 1.165) is 16.4 Å². The lowest BCUT2D eigenvalue weighted by molar-refractivity contribution is 0.103. The molecular formula is C14H11BrINO3S. The molecule has 21 heavy (non-hydrogen) atoms. The highest BCUT2D eigenvalue weighted by atomic mass is 127. The number of carbonyl (C=O) groups excluding carboxylic acids is 1. The first-order chi connectivity index (χ1) is 10.0. The molecule has 0 radical (unpaired) electrons. The minimum atomic E-state index is -1.27. The smallest absolute Gasteiger partial charge is 0.203 e. The van der Waals surface area contributed by atoms with Crippen molar-refractivity contribution < 1.29 is 13.9 Å². The third kappa shape index (κ3) is 2.93. The molecule has 0 aliphatic heterocycles. The highest BCUT2D eigenvalue weighted by Crippen LogP contribution is 2.42. The Morgan fingerprint density at radius 2 is 2.19 bits per heavy atom. The fraction of sp³-hybridized carbons (Fsp3) is 0.286. The van der Waals surface area contributed by atoms with E-state index in [9.17, 15) is 9.35 Å². The van der Waals surface area contributed by atoms with Gasteiger partial charge in [-0.2, -0.15) is 0 Å². The van der Waals surface area contributed by atoms with Crippen molar-refractivity contribution in [3.05, 3.63) is 43.3 Å². The SMILES string of the molecule is C[S+]([O-])c1c(C(=O)c2cnoc2C2CC2)ccc(I)c1Br. The summed E-state index contributed by atoms with van der Waals surface area (Å²) in [6.07, 6.45) is 5.09. The number of rotatable bonds is 4. The van der Waals surface area contributed by atoms with E-state index in [-0.39, 0.29) is 5.78 Å². The van der Waals surface area contributed by atoms with Crippen molar-refractivity contribution in [3.8, 4) is 0 Å². The molecule has 3 rings (SSSR count). The Morgan fingerprint density at radius 3 is 2.81 bits per heavy atom. The first-order valence-electron chi connectivity index (χ1n) is 6.31. The maximum atomic E-state index is 12.8. The van der Waals surface area contributed by atoms with Crippen LogP contribution in [0.4, 0.5) is 0 Å². The van der Waals surface area contributed by atoms with Crippen LogP contribution in [0.3, 0.4) is 0 Å². The molecule has 1 aliphatic rings. The van der Waals surface area contributed by atoms with Gasteiger partial charge in [-0.15, -0.1) is 0 Å². The second-order valence-electron chi connectivity index (χ2n) is 4.90. The first kappa shape index (κ1) is 15.5. The molecule has 4 nitrogen and oxygen atoms in total. The summed E-state index contributed by atoms with van der Waals surface area (Å²) >= 11 is 4.30. The Labute approximate surface area is 147 Å². The van der Waals surface area contributed by atoms with Crippen molar-refractivity contribution in [2.45, 2.75) is 23.7 Å². The molecule has 0 N–H and O–H groups in total. The number of aromatic nitrogens is 1. The number of benzene rings is 1. The van der Waals surface area contributed by atoms with Crippen LogP contribution in [0.5, 0.6) is 0 Å². The fourth-order valence-corrected chi connectivity index (χ4v) is 4.69. The van der Waals surface area contributed by atoms with E-state index in [2.05, 4.69) is 43.7 Å². The Bertz CT molecular complexity index is 712. The van der Waals surface area contributed by atoms with Crippen LogP contribution in [-0.2, 0) is 11.2 Å². The fourth-order valence-electron chi connectivity index (χ4n) is 2.20. The largest absolute Gasteiger partial charge is 0.612 e. The highest BCUT2D eigenvalue weighted by molar-refractivity contribution is 14.1. The normalized spacial score (nSPS) is 16.0. The zero-order valence-electron chi connectivity index (χ0n) is 11.1. The van der Waals surface area contributed by atoms with E-state index >= 15 is 0 Å². The second-order valence-corrected chi connectivity index (χ2v) is 8.17. The van der Waals surface area contributed by atoms with Gasteiger partial charge in [0.2, 0.25) is 5.78 Å². The minimum absolute atomic E-state index is 0.180. The molecule has 1 aromatic carbocycles. The number of ketones is 1. The lowest BCUT2D eigenvalue weighted by Crippen LogP contribution is -2.11. The van der Waals surface area contributed by atoms with Crippen molar-refractivity contribution in [2.24, 2.45) is 0 Å². The zero-order valence-corrected chi connectivity index (χ0v) is 15.6. The predicted molar refractivity (Wildman–Crippen MR) is 91.1 cm³/mol. The molecular weight excluding hydrogens is 469 g/mol. The molecule has 0 amide bonds. The summed E-state index contributed by atoms with van der Waals surface area (Å²) < 4.78 is 18.9. The van der Waals surface area contributed by atoms with Gasteiger partial charge in [0.25, 0.3) is 0 Å². The number of hydrogen-bond donors (Lipinski definition) is 0. The number of nitrogens with zero attached hydrogens (tertiary/aromatic N) is 1. The Hall–Kier alpha value is -0.380. The molecule has 1 aromatic heterocycles. The van der Waals surface area contributed by atoms with Gasteiger partial charge in [0.1, 0.15) is 6.26 Å². The Kier molecular flexibility index (Phi) is 4.45. The van der Waals surface area contributed by atoms with Gasteiger partial charge in [0.15, 0.2) is 10.7 Å². The Balaban J connectivity index is 2.09. The lowest BCUT2D eigenvalue weighted by atomic mass is 10.0. The lowest BCUT2D eigenvalue weighted by Gasteiger charge is -2.12. The van der Waals surface area contributed by atoms with Gasteiger partial charge >= 0.3 is 0 Å². The van der Waals surface area contributed by atoms with Crippen molar-refractivity contribution in [3.63, 3.8) is 0 Å². The van der Waals surface area contributed by atoms with Gasteiger partial charge < -0.3 is 9.08 Å². The summed E-state index contributed by atoms with van der Waals surface area (Å²) in [6, 6.07) is 3.55. The topological polar surface area (TPSA) is 66.2 Å². The van der Waals surface area contributed by atoms with E-state index in [1.165, 1.54) is 6.20 Å². The molecule has 1 aliphatic carbocycles. The van der Waals surface area contributed by atoms with Crippen molar-refractivity contribution in [1.82, 2.24) is 5.16 Å². The standard InChI is InChI=1S/C14H11BrINO3S/c1-21(19)14-8(4-5-10(16)11(14)15)12(18)9-6-17-20-13(9)7-2-3-7/h4-7H,2-3H2,1H3.